The monoisotopic (exact) mass is 428 g/mol. The topological polar surface area (TPSA) is 9.23 Å². The molecule has 0 amide bonds. The maximum atomic E-state index is 12.2. The summed E-state index contributed by atoms with van der Waals surface area (Å²) in [6, 6.07) is 14.9. The van der Waals surface area contributed by atoms with Gasteiger partial charge in [0.2, 0.25) is 0 Å². The zero-order valence-corrected chi connectivity index (χ0v) is 18.2. The molecule has 31 heavy (non-hydrogen) atoms. The SMILES string of the molecule is CCCCCCc1ccc(C2CCC(C#Cc3ccc(OC(F)(F)F)cc3)CC2)cc1. The minimum atomic E-state index is -4.67. The molecule has 0 spiro atoms. The summed E-state index contributed by atoms with van der Waals surface area (Å²) in [6.45, 7) is 2.24. The molecule has 0 aliphatic heterocycles. The lowest BCUT2D eigenvalue weighted by atomic mass is 9.78. The van der Waals surface area contributed by atoms with Crippen LogP contribution in [0.15, 0.2) is 48.5 Å². The third kappa shape index (κ3) is 7.98. The smallest absolute Gasteiger partial charge is 0.406 e. The van der Waals surface area contributed by atoms with Gasteiger partial charge in [0.05, 0.1) is 0 Å². The van der Waals surface area contributed by atoms with Crippen LogP contribution in [0.25, 0.3) is 0 Å². The number of unbranched alkanes of at least 4 members (excludes halogenated alkanes) is 3. The van der Waals surface area contributed by atoms with Crippen LogP contribution in [-0.4, -0.2) is 6.36 Å². The molecule has 1 saturated carbocycles. The largest absolute Gasteiger partial charge is 0.573 e. The molecule has 1 fully saturated rings. The molecule has 0 aromatic heterocycles. The molecule has 0 unspecified atom stereocenters. The van der Waals surface area contributed by atoms with E-state index >= 15 is 0 Å². The standard InChI is InChI=1S/C27H31F3O/c1-2-3-4-5-6-21-9-15-24(16-10-21)25-17-11-22(12-18-25)7-8-23-13-19-26(20-14-23)31-27(28,29)30/h9-10,13-16,19-20,22,25H,2-6,11-12,17-18H2,1H3. The van der Waals surface area contributed by atoms with Gasteiger partial charge in [-0.2, -0.15) is 0 Å². The van der Waals surface area contributed by atoms with Crippen LogP contribution in [0.1, 0.15) is 80.9 Å². The molecular formula is C27H31F3O. The average Bonchev–Trinajstić information content (AvgIpc) is 2.76. The fraction of sp³-hybridized carbons (Fsp3) is 0.481. The van der Waals surface area contributed by atoms with Crippen LogP contribution in [-0.2, 0) is 6.42 Å². The second kappa shape index (κ2) is 11.3. The summed E-state index contributed by atoms with van der Waals surface area (Å²) in [4.78, 5) is 0. The fourth-order valence-electron chi connectivity index (χ4n) is 4.21. The quantitative estimate of drug-likeness (QED) is 0.320. The average molecular weight is 429 g/mol. The number of alkyl halides is 3. The molecular weight excluding hydrogens is 397 g/mol. The Morgan fingerprint density at radius 2 is 1.55 bits per heavy atom. The van der Waals surface area contributed by atoms with E-state index in [2.05, 4.69) is 47.8 Å². The highest BCUT2D eigenvalue weighted by Gasteiger charge is 2.30. The molecule has 0 heterocycles. The highest BCUT2D eigenvalue weighted by Crippen LogP contribution is 2.35. The van der Waals surface area contributed by atoms with E-state index in [1.807, 2.05) is 0 Å². The summed E-state index contributed by atoms with van der Waals surface area (Å²) in [5.74, 6) is 7.15. The number of rotatable bonds is 7. The molecule has 166 valence electrons. The van der Waals surface area contributed by atoms with Gasteiger partial charge in [0.15, 0.2) is 0 Å². The van der Waals surface area contributed by atoms with Crippen LogP contribution < -0.4 is 4.74 Å². The van der Waals surface area contributed by atoms with Crippen molar-refractivity contribution in [3.05, 3.63) is 65.2 Å². The fourth-order valence-corrected chi connectivity index (χ4v) is 4.21. The number of ether oxygens (including phenoxy) is 1. The number of aryl methyl sites for hydroxylation is 1. The Kier molecular flexibility index (Phi) is 8.46. The number of benzene rings is 2. The molecule has 2 aromatic rings. The molecule has 3 rings (SSSR count). The van der Waals surface area contributed by atoms with E-state index in [1.165, 1.54) is 55.4 Å². The van der Waals surface area contributed by atoms with Crippen LogP contribution in [0.2, 0.25) is 0 Å². The molecule has 0 atom stereocenters. The lowest BCUT2D eigenvalue weighted by Gasteiger charge is -2.26. The highest BCUT2D eigenvalue weighted by molar-refractivity contribution is 5.38. The number of hydrogen-bond donors (Lipinski definition) is 0. The normalized spacial score (nSPS) is 18.8. The van der Waals surface area contributed by atoms with Gasteiger partial charge in [0, 0.05) is 11.5 Å². The molecule has 0 radical (unpaired) electrons. The number of hydrogen-bond acceptors (Lipinski definition) is 1. The van der Waals surface area contributed by atoms with Crippen LogP contribution in [0, 0.1) is 17.8 Å². The lowest BCUT2D eigenvalue weighted by molar-refractivity contribution is -0.274. The van der Waals surface area contributed by atoms with Crippen molar-refractivity contribution in [3.8, 4) is 17.6 Å². The zero-order chi connectivity index (χ0) is 22.1. The van der Waals surface area contributed by atoms with Crippen molar-refractivity contribution in [1.82, 2.24) is 0 Å². The van der Waals surface area contributed by atoms with Gasteiger partial charge in [0.1, 0.15) is 5.75 Å². The molecule has 0 N–H and O–H groups in total. The summed E-state index contributed by atoms with van der Waals surface area (Å²) < 4.78 is 40.6. The first-order valence-corrected chi connectivity index (χ1v) is 11.4. The first-order valence-electron chi connectivity index (χ1n) is 11.4. The predicted molar refractivity (Wildman–Crippen MR) is 119 cm³/mol. The van der Waals surface area contributed by atoms with Crippen LogP contribution in [0.4, 0.5) is 13.2 Å². The van der Waals surface area contributed by atoms with Gasteiger partial charge in [0.25, 0.3) is 0 Å². The molecule has 1 nitrogen and oxygen atoms in total. The number of halogens is 3. The third-order valence-corrected chi connectivity index (χ3v) is 6.01. The van der Waals surface area contributed by atoms with Gasteiger partial charge < -0.3 is 4.74 Å². The van der Waals surface area contributed by atoms with E-state index in [1.54, 1.807) is 12.1 Å². The van der Waals surface area contributed by atoms with Crippen molar-refractivity contribution < 1.29 is 17.9 Å². The van der Waals surface area contributed by atoms with Gasteiger partial charge in [-0.3, -0.25) is 0 Å². The third-order valence-electron chi connectivity index (χ3n) is 6.01. The second-order valence-corrected chi connectivity index (χ2v) is 8.44. The first kappa shape index (κ1) is 23.3. The Bertz CT molecular complexity index is 849. The van der Waals surface area contributed by atoms with Gasteiger partial charge >= 0.3 is 6.36 Å². The molecule has 1 aliphatic rings. The van der Waals surface area contributed by atoms with Crippen molar-refractivity contribution >= 4 is 0 Å². The maximum absolute atomic E-state index is 12.2. The summed E-state index contributed by atoms with van der Waals surface area (Å²) in [5.41, 5.74) is 3.58. The van der Waals surface area contributed by atoms with Crippen molar-refractivity contribution in [3.63, 3.8) is 0 Å². The van der Waals surface area contributed by atoms with Crippen molar-refractivity contribution in [1.29, 1.82) is 0 Å². The summed E-state index contributed by atoms with van der Waals surface area (Å²) in [5, 5.41) is 0. The van der Waals surface area contributed by atoms with E-state index in [0.29, 0.717) is 17.4 Å². The summed E-state index contributed by atoms with van der Waals surface area (Å²) in [7, 11) is 0. The minimum absolute atomic E-state index is 0.217. The van der Waals surface area contributed by atoms with Crippen LogP contribution in [0.5, 0.6) is 5.75 Å². The van der Waals surface area contributed by atoms with E-state index in [0.717, 1.165) is 25.7 Å². The summed E-state index contributed by atoms with van der Waals surface area (Å²) in [6.07, 6.45) is 6.08. The second-order valence-electron chi connectivity index (χ2n) is 8.44. The van der Waals surface area contributed by atoms with E-state index in [9.17, 15) is 13.2 Å². The first-order chi connectivity index (χ1) is 14.9. The van der Waals surface area contributed by atoms with Gasteiger partial charge in [-0.05, 0) is 79.8 Å². The summed E-state index contributed by atoms with van der Waals surface area (Å²) >= 11 is 0. The van der Waals surface area contributed by atoms with Crippen molar-refractivity contribution in [2.45, 2.75) is 77.0 Å². The van der Waals surface area contributed by atoms with Crippen LogP contribution in [0.3, 0.4) is 0 Å². The van der Waals surface area contributed by atoms with Crippen molar-refractivity contribution in [2.75, 3.05) is 0 Å². The Morgan fingerprint density at radius 3 is 2.16 bits per heavy atom. The Labute approximate surface area is 184 Å². The van der Waals surface area contributed by atoms with E-state index in [-0.39, 0.29) is 5.75 Å². The van der Waals surface area contributed by atoms with Gasteiger partial charge in [-0.1, -0.05) is 62.3 Å². The Morgan fingerprint density at radius 1 is 0.871 bits per heavy atom. The van der Waals surface area contributed by atoms with Gasteiger partial charge in [-0.15, -0.1) is 13.2 Å². The zero-order valence-electron chi connectivity index (χ0n) is 18.2. The molecule has 0 bridgehead atoms. The molecule has 2 aromatic carbocycles. The minimum Gasteiger partial charge on any atom is -0.406 e. The van der Waals surface area contributed by atoms with E-state index < -0.39 is 6.36 Å². The van der Waals surface area contributed by atoms with Crippen molar-refractivity contribution in [2.24, 2.45) is 5.92 Å². The van der Waals surface area contributed by atoms with Crippen LogP contribution >= 0.6 is 0 Å². The Balaban J connectivity index is 1.46. The van der Waals surface area contributed by atoms with Gasteiger partial charge in [-0.25, -0.2) is 0 Å². The lowest BCUT2D eigenvalue weighted by Crippen LogP contribution is -2.16. The Hall–Kier alpha value is -2.41. The predicted octanol–water partition coefficient (Wildman–Crippen LogP) is 8.03. The maximum Gasteiger partial charge on any atom is 0.573 e. The van der Waals surface area contributed by atoms with E-state index in [4.69, 9.17) is 0 Å². The molecule has 0 saturated heterocycles. The highest BCUT2D eigenvalue weighted by atomic mass is 19.4. The molecule has 1 aliphatic carbocycles. The molecule has 4 heteroatoms.